The van der Waals surface area contributed by atoms with Crippen molar-refractivity contribution in [1.82, 2.24) is 9.38 Å². The van der Waals surface area contributed by atoms with Gasteiger partial charge in [-0.2, -0.15) is 0 Å². The fourth-order valence-corrected chi connectivity index (χ4v) is 2.63. The van der Waals surface area contributed by atoms with E-state index in [1.54, 1.807) is 0 Å². The molecule has 1 unspecified atom stereocenters. The quantitative estimate of drug-likeness (QED) is 0.811. The second-order valence-electron chi connectivity index (χ2n) is 5.62. The van der Waals surface area contributed by atoms with E-state index < -0.39 is 0 Å². The zero-order valence-corrected chi connectivity index (χ0v) is 13.5. The molecule has 2 rings (SSSR count). The molecule has 0 spiro atoms. The molecule has 0 fully saturated rings. The number of hydrogen-bond donors (Lipinski definition) is 1. The molecule has 116 valence electrons. The molecule has 4 heteroatoms. The zero-order valence-electron chi connectivity index (χ0n) is 13.5. The van der Waals surface area contributed by atoms with Crippen LogP contribution in [0.15, 0.2) is 24.4 Å². The first-order valence-corrected chi connectivity index (χ1v) is 8.17. The highest BCUT2D eigenvalue weighted by Gasteiger charge is 2.18. The van der Waals surface area contributed by atoms with E-state index in [1.165, 1.54) is 18.5 Å². The van der Waals surface area contributed by atoms with Gasteiger partial charge in [-0.15, -0.1) is 0 Å². The van der Waals surface area contributed by atoms with Gasteiger partial charge in [0.15, 0.2) is 5.82 Å². The average molecular weight is 288 g/mol. The highest BCUT2D eigenvalue weighted by Crippen LogP contribution is 2.23. The summed E-state index contributed by atoms with van der Waals surface area (Å²) in [7, 11) is 0. The highest BCUT2D eigenvalue weighted by molar-refractivity contribution is 5.56. The minimum absolute atomic E-state index is 0.189. The maximum Gasteiger partial charge on any atom is 0.151 e. The molecule has 0 amide bonds. The Bertz CT molecular complexity index is 561. The predicted molar refractivity (Wildman–Crippen MR) is 90.0 cm³/mol. The molecule has 0 bridgehead atoms. The Kier molecular flexibility index (Phi) is 5.62. The Labute approximate surface area is 128 Å². The first kappa shape index (κ1) is 15.8. The molecule has 0 radical (unpaired) electrons. The smallest absolute Gasteiger partial charge is 0.151 e. The molecule has 0 aliphatic heterocycles. The van der Waals surface area contributed by atoms with Gasteiger partial charge in [0.1, 0.15) is 5.65 Å². The number of anilines is 1. The van der Waals surface area contributed by atoms with Gasteiger partial charge < -0.3 is 15.0 Å². The number of rotatable bonds is 8. The molecule has 4 nitrogen and oxygen atoms in total. The van der Waals surface area contributed by atoms with Gasteiger partial charge >= 0.3 is 0 Å². The second kappa shape index (κ2) is 7.46. The Morgan fingerprint density at radius 2 is 2.10 bits per heavy atom. The maximum absolute atomic E-state index is 6.21. The van der Waals surface area contributed by atoms with Crippen molar-refractivity contribution in [2.45, 2.75) is 52.5 Å². The van der Waals surface area contributed by atoms with E-state index in [0.29, 0.717) is 0 Å². The van der Waals surface area contributed by atoms with Crippen molar-refractivity contribution >= 4 is 11.5 Å². The van der Waals surface area contributed by atoms with Crippen LogP contribution in [0.4, 0.5) is 5.82 Å². The summed E-state index contributed by atoms with van der Waals surface area (Å²) in [4.78, 5) is 7.24. The van der Waals surface area contributed by atoms with Crippen LogP contribution in [0.1, 0.15) is 45.7 Å². The SMILES string of the molecule is CCCCN(CC)c1nc2ccccn2c1CC(N)CC. The van der Waals surface area contributed by atoms with Crippen molar-refractivity contribution in [3.63, 3.8) is 0 Å². The van der Waals surface area contributed by atoms with E-state index >= 15 is 0 Å². The number of unbranched alkanes of at least 4 members (excludes halogenated alkanes) is 1. The number of imidazole rings is 1. The van der Waals surface area contributed by atoms with Gasteiger partial charge in [0.05, 0.1) is 5.69 Å². The number of nitrogens with zero attached hydrogens (tertiary/aromatic N) is 3. The number of fused-ring (bicyclic) bond motifs is 1. The minimum atomic E-state index is 0.189. The van der Waals surface area contributed by atoms with Crippen LogP contribution in [-0.4, -0.2) is 28.5 Å². The van der Waals surface area contributed by atoms with Gasteiger partial charge in [-0.05, 0) is 31.9 Å². The van der Waals surface area contributed by atoms with Crippen LogP contribution in [0.2, 0.25) is 0 Å². The highest BCUT2D eigenvalue weighted by atomic mass is 15.2. The van der Waals surface area contributed by atoms with E-state index in [4.69, 9.17) is 10.7 Å². The first-order valence-electron chi connectivity index (χ1n) is 8.17. The fourth-order valence-electron chi connectivity index (χ4n) is 2.63. The normalized spacial score (nSPS) is 12.8. The predicted octanol–water partition coefficient (Wildman–Crippen LogP) is 3.24. The molecule has 1 atom stereocenters. The lowest BCUT2D eigenvalue weighted by Crippen LogP contribution is -2.28. The summed E-state index contributed by atoms with van der Waals surface area (Å²) in [5, 5.41) is 0. The molecule has 0 aromatic carbocycles. The monoisotopic (exact) mass is 288 g/mol. The van der Waals surface area contributed by atoms with E-state index in [-0.39, 0.29) is 6.04 Å². The van der Waals surface area contributed by atoms with Gasteiger partial charge in [-0.1, -0.05) is 26.3 Å². The van der Waals surface area contributed by atoms with Crippen LogP contribution in [0.3, 0.4) is 0 Å². The lowest BCUT2D eigenvalue weighted by molar-refractivity contribution is 0.629. The molecule has 0 aliphatic carbocycles. The second-order valence-corrected chi connectivity index (χ2v) is 5.62. The summed E-state index contributed by atoms with van der Waals surface area (Å²) in [5.41, 5.74) is 8.47. The number of pyridine rings is 1. The van der Waals surface area contributed by atoms with Crippen molar-refractivity contribution in [3.05, 3.63) is 30.1 Å². The van der Waals surface area contributed by atoms with E-state index in [2.05, 4.69) is 48.4 Å². The Morgan fingerprint density at radius 3 is 2.76 bits per heavy atom. The summed E-state index contributed by atoms with van der Waals surface area (Å²) < 4.78 is 2.19. The van der Waals surface area contributed by atoms with Crippen LogP contribution >= 0.6 is 0 Å². The molecule has 2 N–H and O–H groups in total. The molecule has 0 aliphatic rings. The molecule has 0 saturated heterocycles. The van der Waals surface area contributed by atoms with Gasteiger partial charge in [-0.25, -0.2) is 4.98 Å². The van der Waals surface area contributed by atoms with Crippen molar-refractivity contribution in [3.8, 4) is 0 Å². The summed E-state index contributed by atoms with van der Waals surface area (Å²) in [6.07, 6.45) is 6.35. The van der Waals surface area contributed by atoms with Crippen molar-refractivity contribution in [2.75, 3.05) is 18.0 Å². The van der Waals surface area contributed by atoms with Gasteiger partial charge in [0.2, 0.25) is 0 Å². The number of aromatic nitrogens is 2. The molecule has 21 heavy (non-hydrogen) atoms. The minimum Gasteiger partial charge on any atom is -0.355 e. The van der Waals surface area contributed by atoms with Gasteiger partial charge in [-0.3, -0.25) is 0 Å². The lowest BCUT2D eigenvalue weighted by atomic mass is 10.1. The molecule has 2 heterocycles. The van der Waals surface area contributed by atoms with E-state index in [0.717, 1.165) is 37.4 Å². The lowest BCUT2D eigenvalue weighted by Gasteiger charge is -2.22. The summed E-state index contributed by atoms with van der Waals surface area (Å²) >= 11 is 0. The molecule has 0 saturated carbocycles. The van der Waals surface area contributed by atoms with Crippen LogP contribution < -0.4 is 10.6 Å². The van der Waals surface area contributed by atoms with Crippen molar-refractivity contribution in [1.29, 1.82) is 0 Å². The summed E-state index contributed by atoms with van der Waals surface area (Å²) in [5.74, 6) is 1.11. The fraction of sp³-hybridized carbons (Fsp3) is 0.588. The third-order valence-corrected chi connectivity index (χ3v) is 4.05. The summed E-state index contributed by atoms with van der Waals surface area (Å²) in [6, 6.07) is 6.35. The maximum atomic E-state index is 6.21. The van der Waals surface area contributed by atoms with Crippen molar-refractivity contribution in [2.24, 2.45) is 5.73 Å². The molecular weight excluding hydrogens is 260 g/mol. The van der Waals surface area contributed by atoms with Crippen LogP contribution in [0.5, 0.6) is 0 Å². The third kappa shape index (κ3) is 3.56. The van der Waals surface area contributed by atoms with Gasteiger partial charge in [0.25, 0.3) is 0 Å². The molecule has 2 aromatic heterocycles. The van der Waals surface area contributed by atoms with Crippen LogP contribution in [-0.2, 0) is 6.42 Å². The Balaban J connectivity index is 2.42. The van der Waals surface area contributed by atoms with Crippen LogP contribution in [0, 0.1) is 0 Å². The first-order chi connectivity index (χ1) is 10.2. The average Bonchev–Trinajstić information content (AvgIpc) is 2.87. The number of nitrogens with two attached hydrogens (primary N) is 1. The standard InChI is InChI=1S/C17H28N4/c1-4-7-11-20(6-3)17-15(13-14(18)5-2)21-12-9-8-10-16(21)19-17/h8-10,12,14H,4-7,11,13,18H2,1-3H3. The van der Waals surface area contributed by atoms with Crippen LogP contribution in [0.25, 0.3) is 5.65 Å². The Hall–Kier alpha value is -1.55. The Morgan fingerprint density at radius 1 is 1.29 bits per heavy atom. The van der Waals surface area contributed by atoms with Crippen molar-refractivity contribution < 1.29 is 0 Å². The number of hydrogen-bond acceptors (Lipinski definition) is 3. The topological polar surface area (TPSA) is 46.6 Å². The molecule has 2 aromatic rings. The summed E-state index contributed by atoms with van der Waals surface area (Å²) in [6.45, 7) is 8.61. The largest absolute Gasteiger partial charge is 0.355 e. The zero-order chi connectivity index (χ0) is 15.2. The van der Waals surface area contributed by atoms with E-state index in [9.17, 15) is 0 Å². The van der Waals surface area contributed by atoms with E-state index in [1.807, 2.05) is 6.07 Å². The van der Waals surface area contributed by atoms with Gasteiger partial charge in [0, 0.05) is 31.7 Å². The molecular formula is C17H28N4. The third-order valence-electron chi connectivity index (χ3n) is 4.05.